The number of amides is 1. The van der Waals surface area contributed by atoms with Crippen LogP contribution in [-0.2, 0) is 21.2 Å². The van der Waals surface area contributed by atoms with Crippen LogP contribution in [-0.4, -0.2) is 26.9 Å². The predicted octanol–water partition coefficient (Wildman–Crippen LogP) is 2.69. The molecule has 0 unspecified atom stereocenters. The van der Waals surface area contributed by atoms with Gasteiger partial charge in [-0.25, -0.2) is 13.6 Å². The van der Waals surface area contributed by atoms with Crippen LogP contribution in [0.5, 0.6) is 0 Å². The van der Waals surface area contributed by atoms with Crippen molar-refractivity contribution in [3.8, 4) is 0 Å². The Morgan fingerprint density at radius 2 is 2.08 bits per heavy atom. The van der Waals surface area contributed by atoms with Gasteiger partial charge in [0.05, 0.1) is 11.4 Å². The van der Waals surface area contributed by atoms with Crippen LogP contribution in [0, 0.1) is 6.92 Å². The van der Waals surface area contributed by atoms with Crippen LogP contribution < -0.4 is 15.4 Å². The molecule has 3 rings (SSSR count). The SMILES string of the molecule is Cc1c(Cl)cccc1NC(=O)CN1c2ccc(S(N)(=O)=O)cc2C[C@H]1C. The van der Waals surface area contributed by atoms with E-state index in [9.17, 15) is 13.2 Å². The third kappa shape index (κ3) is 3.70. The standard InChI is InChI=1S/C18H20ClN3O3S/c1-11-8-13-9-14(26(20,24)25)6-7-17(13)22(11)10-18(23)21-16-5-3-4-15(19)12(16)2/h3-7,9,11H,8,10H2,1-2H3,(H,21,23)(H2,20,24,25)/t11-/m1/s1. The van der Waals surface area contributed by atoms with Crippen molar-refractivity contribution in [3.63, 3.8) is 0 Å². The van der Waals surface area contributed by atoms with Gasteiger partial charge in [0.2, 0.25) is 15.9 Å². The van der Waals surface area contributed by atoms with Crippen LogP contribution in [0.25, 0.3) is 0 Å². The van der Waals surface area contributed by atoms with E-state index in [2.05, 4.69) is 5.32 Å². The molecule has 2 aromatic rings. The molecule has 0 aromatic heterocycles. The van der Waals surface area contributed by atoms with E-state index in [0.29, 0.717) is 17.1 Å². The van der Waals surface area contributed by atoms with Crippen molar-refractivity contribution in [2.45, 2.75) is 31.2 Å². The lowest BCUT2D eigenvalue weighted by atomic mass is 10.1. The van der Waals surface area contributed by atoms with Gasteiger partial charge >= 0.3 is 0 Å². The van der Waals surface area contributed by atoms with Gasteiger partial charge in [-0.05, 0) is 61.7 Å². The summed E-state index contributed by atoms with van der Waals surface area (Å²) in [6.07, 6.45) is 0.655. The van der Waals surface area contributed by atoms with E-state index in [0.717, 1.165) is 16.8 Å². The molecule has 1 heterocycles. The summed E-state index contributed by atoms with van der Waals surface area (Å²) in [6, 6.07) is 10.2. The van der Waals surface area contributed by atoms with Crippen molar-refractivity contribution in [1.29, 1.82) is 0 Å². The topological polar surface area (TPSA) is 92.5 Å². The van der Waals surface area contributed by atoms with Gasteiger partial charge in [0, 0.05) is 22.4 Å². The Bertz CT molecular complexity index is 976. The Morgan fingerprint density at radius 3 is 2.77 bits per heavy atom. The highest BCUT2D eigenvalue weighted by molar-refractivity contribution is 7.89. The summed E-state index contributed by atoms with van der Waals surface area (Å²) in [6.45, 7) is 4.00. The zero-order valence-corrected chi connectivity index (χ0v) is 16.1. The number of nitrogens with one attached hydrogen (secondary N) is 1. The molecule has 138 valence electrons. The van der Waals surface area contributed by atoms with E-state index < -0.39 is 10.0 Å². The molecule has 1 aliphatic rings. The molecule has 6 nitrogen and oxygen atoms in total. The Morgan fingerprint density at radius 1 is 1.35 bits per heavy atom. The first-order valence-electron chi connectivity index (χ1n) is 8.14. The van der Waals surface area contributed by atoms with Gasteiger partial charge < -0.3 is 10.2 Å². The first kappa shape index (κ1) is 18.7. The number of hydrogen-bond donors (Lipinski definition) is 2. The number of anilines is 2. The van der Waals surface area contributed by atoms with Crippen LogP contribution in [0.15, 0.2) is 41.3 Å². The van der Waals surface area contributed by atoms with E-state index in [4.69, 9.17) is 16.7 Å². The Hall–Kier alpha value is -2.09. The van der Waals surface area contributed by atoms with Gasteiger partial charge in [0.25, 0.3) is 0 Å². The summed E-state index contributed by atoms with van der Waals surface area (Å²) in [5.41, 5.74) is 3.22. The zero-order chi connectivity index (χ0) is 19.1. The lowest BCUT2D eigenvalue weighted by Gasteiger charge is -2.24. The van der Waals surface area contributed by atoms with Gasteiger partial charge in [-0.3, -0.25) is 4.79 Å². The van der Waals surface area contributed by atoms with E-state index in [1.54, 1.807) is 30.3 Å². The predicted molar refractivity (Wildman–Crippen MR) is 103 cm³/mol. The number of nitrogens with two attached hydrogens (primary N) is 1. The third-order valence-corrected chi connectivity index (χ3v) is 5.91. The van der Waals surface area contributed by atoms with Gasteiger partial charge in [-0.1, -0.05) is 17.7 Å². The number of nitrogens with zero attached hydrogens (tertiary/aromatic N) is 1. The monoisotopic (exact) mass is 393 g/mol. The summed E-state index contributed by atoms with van der Waals surface area (Å²) in [5, 5.41) is 8.68. The Balaban J connectivity index is 1.79. The van der Waals surface area contributed by atoms with Crippen LogP contribution in [0.3, 0.4) is 0 Å². The molecule has 1 amide bonds. The quantitative estimate of drug-likeness (QED) is 0.835. The molecule has 26 heavy (non-hydrogen) atoms. The van der Waals surface area contributed by atoms with Gasteiger partial charge in [-0.2, -0.15) is 0 Å². The molecular weight excluding hydrogens is 374 g/mol. The van der Waals surface area contributed by atoms with Crippen molar-refractivity contribution in [2.24, 2.45) is 5.14 Å². The largest absolute Gasteiger partial charge is 0.359 e. The molecule has 0 saturated carbocycles. The van der Waals surface area contributed by atoms with E-state index in [1.807, 2.05) is 18.7 Å². The number of benzene rings is 2. The summed E-state index contributed by atoms with van der Waals surface area (Å²) in [4.78, 5) is 14.5. The summed E-state index contributed by atoms with van der Waals surface area (Å²) < 4.78 is 23.1. The van der Waals surface area contributed by atoms with E-state index in [-0.39, 0.29) is 23.4 Å². The fraction of sp³-hybridized carbons (Fsp3) is 0.278. The molecule has 0 bridgehead atoms. The molecule has 0 spiro atoms. The lowest BCUT2D eigenvalue weighted by Crippen LogP contribution is -2.37. The molecule has 0 aliphatic carbocycles. The Labute approximate surface area is 158 Å². The van der Waals surface area contributed by atoms with Crippen LogP contribution in [0.1, 0.15) is 18.1 Å². The molecular formula is C18H20ClN3O3S. The molecule has 3 N–H and O–H groups in total. The number of carbonyl (C=O) groups is 1. The first-order chi connectivity index (χ1) is 12.2. The highest BCUT2D eigenvalue weighted by Crippen LogP contribution is 2.33. The molecule has 2 aromatic carbocycles. The normalized spacial score (nSPS) is 16.5. The summed E-state index contributed by atoms with van der Waals surface area (Å²) in [7, 11) is -3.74. The van der Waals surface area contributed by atoms with Crippen LogP contribution in [0.2, 0.25) is 5.02 Å². The fourth-order valence-corrected chi connectivity index (χ4v) is 3.92. The van der Waals surface area contributed by atoms with Crippen LogP contribution in [0.4, 0.5) is 11.4 Å². The van der Waals surface area contributed by atoms with Gasteiger partial charge in [0.1, 0.15) is 0 Å². The van der Waals surface area contributed by atoms with E-state index in [1.165, 1.54) is 6.07 Å². The van der Waals surface area contributed by atoms with Crippen molar-refractivity contribution in [3.05, 3.63) is 52.5 Å². The van der Waals surface area contributed by atoms with Crippen LogP contribution >= 0.6 is 11.6 Å². The first-order valence-corrected chi connectivity index (χ1v) is 10.1. The second-order valence-electron chi connectivity index (χ2n) is 6.48. The molecule has 0 radical (unpaired) electrons. The van der Waals surface area contributed by atoms with Crippen molar-refractivity contribution < 1.29 is 13.2 Å². The number of fused-ring (bicyclic) bond motifs is 1. The summed E-state index contributed by atoms with van der Waals surface area (Å²) >= 11 is 6.09. The van der Waals surface area contributed by atoms with Crippen molar-refractivity contribution in [2.75, 3.05) is 16.8 Å². The molecule has 1 atom stereocenters. The second kappa shape index (κ2) is 6.90. The number of halogens is 1. The highest BCUT2D eigenvalue weighted by atomic mass is 35.5. The number of hydrogen-bond acceptors (Lipinski definition) is 4. The number of primary sulfonamides is 1. The maximum atomic E-state index is 12.5. The average molecular weight is 394 g/mol. The molecule has 1 aliphatic heterocycles. The Kier molecular flexibility index (Phi) is 4.96. The minimum absolute atomic E-state index is 0.0759. The van der Waals surface area contributed by atoms with Crippen molar-refractivity contribution in [1.82, 2.24) is 0 Å². The zero-order valence-electron chi connectivity index (χ0n) is 14.5. The molecule has 0 saturated heterocycles. The smallest absolute Gasteiger partial charge is 0.243 e. The maximum Gasteiger partial charge on any atom is 0.243 e. The summed E-state index contributed by atoms with van der Waals surface area (Å²) in [5.74, 6) is -0.161. The minimum atomic E-state index is -3.74. The second-order valence-corrected chi connectivity index (χ2v) is 8.45. The third-order valence-electron chi connectivity index (χ3n) is 4.59. The maximum absolute atomic E-state index is 12.5. The van der Waals surface area contributed by atoms with E-state index >= 15 is 0 Å². The average Bonchev–Trinajstić information content (AvgIpc) is 2.86. The minimum Gasteiger partial charge on any atom is -0.359 e. The number of carbonyl (C=O) groups excluding carboxylic acids is 1. The van der Waals surface area contributed by atoms with Crippen molar-refractivity contribution >= 4 is 38.9 Å². The van der Waals surface area contributed by atoms with Gasteiger partial charge in [0.15, 0.2) is 0 Å². The highest BCUT2D eigenvalue weighted by Gasteiger charge is 2.28. The fourth-order valence-electron chi connectivity index (χ4n) is 3.18. The lowest BCUT2D eigenvalue weighted by molar-refractivity contribution is -0.115. The molecule has 0 fully saturated rings. The molecule has 8 heteroatoms. The van der Waals surface area contributed by atoms with Gasteiger partial charge in [-0.15, -0.1) is 0 Å². The number of sulfonamides is 1. The number of rotatable bonds is 4.